The van der Waals surface area contributed by atoms with Crippen LogP contribution in [0.1, 0.15) is 22.7 Å². The molecule has 2 aliphatic heterocycles. The quantitative estimate of drug-likeness (QED) is 0.903. The minimum atomic E-state index is -0.263. The van der Waals surface area contributed by atoms with Crippen molar-refractivity contribution in [3.8, 4) is 0 Å². The third kappa shape index (κ3) is 3.24. The number of rotatable bonds is 3. The van der Waals surface area contributed by atoms with E-state index in [4.69, 9.17) is 0 Å². The van der Waals surface area contributed by atoms with Crippen LogP contribution in [0.25, 0.3) is 0 Å². The first kappa shape index (κ1) is 16.1. The van der Waals surface area contributed by atoms with Gasteiger partial charge < -0.3 is 15.5 Å². The van der Waals surface area contributed by atoms with Gasteiger partial charge in [0.15, 0.2) is 0 Å². The Morgan fingerprint density at radius 3 is 2.64 bits per heavy atom. The van der Waals surface area contributed by atoms with Crippen LogP contribution in [0.2, 0.25) is 0 Å². The first-order chi connectivity index (χ1) is 12.2. The van der Waals surface area contributed by atoms with Gasteiger partial charge in [-0.2, -0.15) is 0 Å². The molecule has 0 aliphatic carbocycles. The molecule has 4 nitrogen and oxygen atoms in total. The molecule has 1 fully saturated rings. The van der Waals surface area contributed by atoms with E-state index < -0.39 is 0 Å². The molecule has 2 aliphatic rings. The third-order valence-corrected chi connectivity index (χ3v) is 5.14. The Morgan fingerprint density at radius 2 is 1.92 bits per heavy atom. The van der Waals surface area contributed by atoms with Crippen molar-refractivity contribution < 1.29 is 9.18 Å². The monoisotopic (exact) mass is 339 g/mol. The van der Waals surface area contributed by atoms with Crippen molar-refractivity contribution in [2.24, 2.45) is 5.92 Å². The van der Waals surface area contributed by atoms with Crippen LogP contribution in [0, 0.1) is 11.7 Å². The number of carbonyl (C=O) groups is 1. The summed E-state index contributed by atoms with van der Waals surface area (Å²) in [5.74, 6) is 0.256. The molecule has 0 saturated carbocycles. The molecule has 2 aromatic rings. The van der Waals surface area contributed by atoms with E-state index in [1.807, 2.05) is 17.0 Å². The van der Waals surface area contributed by atoms with Crippen LogP contribution in [0.4, 0.5) is 9.18 Å². The topological polar surface area (TPSA) is 44.4 Å². The van der Waals surface area contributed by atoms with Crippen molar-refractivity contribution in [2.45, 2.75) is 12.5 Å². The lowest BCUT2D eigenvalue weighted by Gasteiger charge is -2.38. The molecule has 2 heterocycles. The molecule has 1 saturated heterocycles. The van der Waals surface area contributed by atoms with Gasteiger partial charge in [-0.05, 0) is 35.2 Å². The molecular weight excluding hydrogens is 317 g/mol. The molecule has 4 rings (SSSR count). The first-order valence-corrected chi connectivity index (χ1v) is 8.81. The van der Waals surface area contributed by atoms with Crippen LogP contribution in [-0.2, 0) is 6.42 Å². The summed E-state index contributed by atoms with van der Waals surface area (Å²) in [4.78, 5) is 14.7. The molecule has 0 unspecified atom stereocenters. The Balaban J connectivity index is 1.62. The molecule has 5 heteroatoms. The predicted octanol–water partition coefficient (Wildman–Crippen LogP) is 2.70. The van der Waals surface area contributed by atoms with Crippen LogP contribution in [0.15, 0.2) is 48.5 Å². The predicted molar refractivity (Wildman–Crippen MR) is 94.9 cm³/mol. The maximum atomic E-state index is 13.4. The van der Waals surface area contributed by atoms with Crippen molar-refractivity contribution in [2.75, 3.05) is 26.2 Å². The molecule has 2 aromatic carbocycles. The lowest BCUT2D eigenvalue weighted by atomic mass is 9.88. The third-order valence-electron chi connectivity index (χ3n) is 5.14. The highest BCUT2D eigenvalue weighted by Crippen LogP contribution is 2.35. The zero-order valence-corrected chi connectivity index (χ0v) is 14.0. The molecule has 2 N–H and O–H groups in total. The van der Waals surface area contributed by atoms with Gasteiger partial charge in [0.1, 0.15) is 5.82 Å². The van der Waals surface area contributed by atoms with Crippen LogP contribution in [0.3, 0.4) is 0 Å². The Hall–Kier alpha value is -2.40. The summed E-state index contributed by atoms with van der Waals surface area (Å²) in [6, 6.07) is 14.5. The lowest BCUT2D eigenvalue weighted by molar-refractivity contribution is 0.176. The molecule has 0 radical (unpaired) electrons. The van der Waals surface area contributed by atoms with Gasteiger partial charge in [-0.3, -0.25) is 0 Å². The highest BCUT2D eigenvalue weighted by molar-refractivity contribution is 5.76. The number of nitrogens with zero attached hydrogens (tertiary/aromatic N) is 1. The van der Waals surface area contributed by atoms with Crippen molar-refractivity contribution in [1.82, 2.24) is 15.5 Å². The SMILES string of the molecule is O=C(NCC1CNC1)N1CCc2ccccc2[C@@H]1c1ccc(F)cc1. The summed E-state index contributed by atoms with van der Waals surface area (Å²) in [6.07, 6.45) is 0.840. The summed E-state index contributed by atoms with van der Waals surface area (Å²) >= 11 is 0. The minimum Gasteiger partial charge on any atom is -0.338 e. The fraction of sp³-hybridized carbons (Fsp3) is 0.350. The summed E-state index contributed by atoms with van der Waals surface area (Å²) in [5.41, 5.74) is 3.32. The van der Waals surface area contributed by atoms with Gasteiger partial charge in [-0.25, -0.2) is 9.18 Å². The fourth-order valence-electron chi connectivity index (χ4n) is 3.62. The number of nitrogens with one attached hydrogen (secondary N) is 2. The lowest BCUT2D eigenvalue weighted by Crippen LogP contribution is -2.52. The molecule has 130 valence electrons. The van der Waals surface area contributed by atoms with Crippen molar-refractivity contribution >= 4 is 6.03 Å². The fourth-order valence-corrected chi connectivity index (χ4v) is 3.62. The van der Waals surface area contributed by atoms with E-state index in [1.54, 1.807) is 12.1 Å². The number of urea groups is 1. The Labute approximate surface area is 147 Å². The summed E-state index contributed by atoms with van der Waals surface area (Å²) in [5, 5.41) is 6.29. The van der Waals surface area contributed by atoms with E-state index >= 15 is 0 Å². The average Bonchev–Trinajstić information content (AvgIpc) is 2.60. The summed E-state index contributed by atoms with van der Waals surface area (Å²) in [7, 11) is 0. The van der Waals surface area contributed by atoms with Crippen LogP contribution in [0.5, 0.6) is 0 Å². The molecule has 25 heavy (non-hydrogen) atoms. The van der Waals surface area contributed by atoms with E-state index in [-0.39, 0.29) is 17.9 Å². The Bertz CT molecular complexity index is 758. The van der Waals surface area contributed by atoms with Gasteiger partial charge >= 0.3 is 6.03 Å². The smallest absolute Gasteiger partial charge is 0.318 e. The first-order valence-electron chi connectivity index (χ1n) is 8.81. The van der Waals surface area contributed by atoms with Gasteiger partial charge in [0, 0.05) is 32.1 Å². The molecule has 0 bridgehead atoms. The van der Waals surface area contributed by atoms with E-state index in [0.717, 1.165) is 30.6 Å². The summed E-state index contributed by atoms with van der Waals surface area (Å²) in [6.45, 7) is 3.28. The largest absolute Gasteiger partial charge is 0.338 e. The average molecular weight is 339 g/mol. The minimum absolute atomic E-state index is 0.0456. The normalized spacial score (nSPS) is 19.9. The number of benzene rings is 2. The van der Waals surface area contributed by atoms with E-state index in [0.29, 0.717) is 19.0 Å². The van der Waals surface area contributed by atoms with E-state index in [1.165, 1.54) is 17.7 Å². The number of fused-ring (bicyclic) bond motifs is 1. The Morgan fingerprint density at radius 1 is 1.16 bits per heavy atom. The van der Waals surface area contributed by atoms with E-state index in [9.17, 15) is 9.18 Å². The standard InChI is InChI=1S/C20H22FN3O/c21-17-7-5-16(6-8-17)19-18-4-2-1-3-15(18)9-10-24(19)20(25)23-13-14-11-22-12-14/h1-8,14,19,22H,9-13H2,(H,23,25)/t19-/m0/s1. The van der Waals surface area contributed by atoms with Crippen molar-refractivity contribution in [3.63, 3.8) is 0 Å². The summed E-state index contributed by atoms with van der Waals surface area (Å²) < 4.78 is 13.4. The second-order valence-electron chi connectivity index (χ2n) is 6.81. The highest BCUT2D eigenvalue weighted by atomic mass is 19.1. The molecule has 2 amide bonds. The number of amides is 2. The van der Waals surface area contributed by atoms with E-state index in [2.05, 4.69) is 22.8 Å². The number of hydrogen-bond donors (Lipinski definition) is 2. The molecule has 1 atom stereocenters. The second kappa shape index (κ2) is 6.84. The maximum absolute atomic E-state index is 13.4. The van der Waals surface area contributed by atoms with Gasteiger partial charge in [0.2, 0.25) is 0 Å². The zero-order chi connectivity index (χ0) is 17.2. The van der Waals surface area contributed by atoms with Gasteiger partial charge in [0.25, 0.3) is 0 Å². The zero-order valence-electron chi connectivity index (χ0n) is 14.0. The number of hydrogen-bond acceptors (Lipinski definition) is 2. The number of carbonyl (C=O) groups excluding carboxylic acids is 1. The number of halogens is 1. The highest BCUT2D eigenvalue weighted by Gasteiger charge is 2.32. The van der Waals surface area contributed by atoms with Crippen LogP contribution >= 0.6 is 0 Å². The Kier molecular flexibility index (Phi) is 4.40. The maximum Gasteiger partial charge on any atom is 0.318 e. The van der Waals surface area contributed by atoms with Gasteiger partial charge in [-0.1, -0.05) is 36.4 Å². The van der Waals surface area contributed by atoms with Gasteiger partial charge in [-0.15, -0.1) is 0 Å². The molecule has 0 aromatic heterocycles. The van der Waals surface area contributed by atoms with Gasteiger partial charge in [0.05, 0.1) is 6.04 Å². The van der Waals surface area contributed by atoms with Crippen LogP contribution in [-0.4, -0.2) is 37.1 Å². The van der Waals surface area contributed by atoms with Crippen molar-refractivity contribution in [3.05, 3.63) is 71.0 Å². The van der Waals surface area contributed by atoms with Crippen LogP contribution < -0.4 is 10.6 Å². The second-order valence-corrected chi connectivity index (χ2v) is 6.81. The van der Waals surface area contributed by atoms with Crippen molar-refractivity contribution in [1.29, 1.82) is 0 Å². The molecule has 0 spiro atoms. The molecular formula is C20H22FN3O.